The molecule has 0 aromatic carbocycles. The van der Waals surface area contributed by atoms with E-state index in [1.807, 2.05) is 12.2 Å². The molecule has 0 radical (unpaired) electrons. The molecule has 0 aliphatic heterocycles. The third kappa shape index (κ3) is 16.5. The van der Waals surface area contributed by atoms with E-state index in [0.717, 1.165) is 32.1 Å². The Hall–Kier alpha value is -1.49. The Morgan fingerprint density at radius 3 is 1.95 bits per heavy atom. The van der Waals surface area contributed by atoms with E-state index in [9.17, 15) is 4.79 Å². The maximum absolute atomic E-state index is 10.3. The fourth-order valence-electron chi connectivity index (χ4n) is 1.78. The molecule has 0 atom stereocenters. The summed E-state index contributed by atoms with van der Waals surface area (Å²) in [7, 11) is 0. The summed E-state index contributed by atoms with van der Waals surface area (Å²) in [6.07, 6.45) is 18.4. The van der Waals surface area contributed by atoms with Crippen LogP contribution in [0.3, 0.4) is 0 Å². The van der Waals surface area contributed by atoms with Gasteiger partial charge in [0.05, 0.1) is 0 Å². The van der Waals surface area contributed by atoms with Gasteiger partial charge in [0.15, 0.2) is 0 Å². The van der Waals surface area contributed by atoms with Crippen LogP contribution in [0.1, 0.15) is 71.1 Å². The number of allylic oxidation sites excluding steroid dienone is 4. The van der Waals surface area contributed by atoms with Crippen molar-refractivity contribution < 1.29 is 9.90 Å². The van der Waals surface area contributed by atoms with E-state index < -0.39 is 5.97 Å². The van der Waals surface area contributed by atoms with Crippen LogP contribution in [0.5, 0.6) is 0 Å². The summed E-state index contributed by atoms with van der Waals surface area (Å²) in [5.41, 5.74) is 0. The molecule has 0 aliphatic carbocycles. The molecule has 0 aliphatic rings. The molecule has 0 heterocycles. The highest BCUT2D eigenvalue weighted by atomic mass is 16.4. The summed E-state index contributed by atoms with van der Waals surface area (Å²) < 4.78 is 0. The minimum Gasteiger partial charge on any atom is -0.481 e. The quantitative estimate of drug-likeness (QED) is 0.420. The number of unbranched alkanes of at least 4 members (excludes halogenated alkanes) is 7. The molecule has 0 amide bonds. The smallest absolute Gasteiger partial charge is 0.303 e. The van der Waals surface area contributed by atoms with E-state index in [1.165, 1.54) is 25.7 Å². The van der Waals surface area contributed by atoms with Crippen LogP contribution in [0.25, 0.3) is 0 Å². The molecule has 112 valence electrons. The monoisotopic (exact) mass is 276 g/mol. The van der Waals surface area contributed by atoms with Crippen LogP contribution in [-0.4, -0.2) is 11.1 Å². The minimum atomic E-state index is -0.701. The maximum Gasteiger partial charge on any atom is 0.303 e. The molecule has 0 rings (SSSR count). The van der Waals surface area contributed by atoms with Gasteiger partial charge >= 0.3 is 5.97 Å². The van der Waals surface area contributed by atoms with Crippen molar-refractivity contribution in [2.45, 2.75) is 71.1 Å². The van der Waals surface area contributed by atoms with Crippen LogP contribution in [0.2, 0.25) is 0 Å². The van der Waals surface area contributed by atoms with E-state index in [-0.39, 0.29) is 6.42 Å². The lowest BCUT2D eigenvalue weighted by molar-refractivity contribution is -0.137. The Labute approximate surface area is 124 Å². The summed E-state index contributed by atoms with van der Waals surface area (Å²) in [4.78, 5) is 10.3. The van der Waals surface area contributed by atoms with Gasteiger partial charge in [-0.15, -0.1) is 0 Å². The van der Waals surface area contributed by atoms with Crippen molar-refractivity contribution in [3.05, 3.63) is 24.3 Å². The standard InChI is InChI=1S/C18H28O2/c1-2-3-4-5-6-7-8-9-10-11-12-13-14-15-16-17-18(19)20/h7-8,11-12H,2-6,13-17H2,1H3,(H,19,20)/b8-7+,12-11-. The molecule has 0 aromatic heterocycles. The number of carboxylic acid groups (broad SMARTS) is 1. The average Bonchev–Trinajstić information content (AvgIpc) is 2.43. The molecular formula is C18H28O2. The van der Waals surface area contributed by atoms with Crippen molar-refractivity contribution in [3.8, 4) is 11.8 Å². The van der Waals surface area contributed by atoms with E-state index in [0.29, 0.717) is 0 Å². The lowest BCUT2D eigenvalue weighted by atomic mass is 10.1. The number of carboxylic acids is 1. The SMILES string of the molecule is CCCCCC/C=C/C#C/C=C\CCCCCC(=O)O. The van der Waals surface area contributed by atoms with Crippen LogP contribution in [0, 0.1) is 11.8 Å². The molecule has 0 saturated heterocycles. The zero-order valence-corrected chi connectivity index (χ0v) is 12.7. The van der Waals surface area contributed by atoms with Gasteiger partial charge in [0.2, 0.25) is 0 Å². The highest BCUT2D eigenvalue weighted by Crippen LogP contribution is 2.03. The Morgan fingerprint density at radius 1 is 0.900 bits per heavy atom. The Kier molecular flexibility index (Phi) is 14.4. The first kappa shape index (κ1) is 18.5. The summed E-state index contributed by atoms with van der Waals surface area (Å²) >= 11 is 0. The third-order valence-electron chi connectivity index (χ3n) is 2.97. The molecule has 2 nitrogen and oxygen atoms in total. The van der Waals surface area contributed by atoms with Gasteiger partial charge in [-0.2, -0.15) is 0 Å². The largest absolute Gasteiger partial charge is 0.481 e. The topological polar surface area (TPSA) is 37.3 Å². The molecule has 1 N–H and O–H groups in total. The lowest BCUT2D eigenvalue weighted by Crippen LogP contribution is -1.93. The van der Waals surface area contributed by atoms with Gasteiger partial charge in [0.1, 0.15) is 0 Å². The molecule has 0 unspecified atom stereocenters. The van der Waals surface area contributed by atoms with Gasteiger partial charge in [-0.3, -0.25) is 4.79 Å². The van der Waals surface area contributed by atoms with E-state index in [2.05, 4.69) is 30.9 Å². The first-order valence-electron chi connectivity index (χ1n) is 7.80. The van der Waals surface area contributed by atoms with Crippen LogP contribution in [0.4, 0.5) is 0 Å². The fraction of sp³-hybridized carbons (Fsp3) is 0.611. The molecule has 0 saturated carbocycles. The molecule has 0 fully saturated rings. The second kappa shape index (κ2) is 15.6. The third-order valence-corrected chi connectivity index (χ3v) is 2.97. The molecule has 0 aromatic rings. The van der Waals surface area contributed by atoms with Gasteiger partial charge in [-0.25, -0.2) is 0 Å². The molecule has 2 heteroatoms. The van der Waals surface area contributed by atoms with Crippen molar-refractivity contribution in [1.82, 2.24) is 0 Å². The van der Waals surface area contributed by atoms with Crippen molar-refractivity contribution in [3.63, 3.8) is 0 Å². The zero-order chi connectivity index (χ0) is 14.9. The fourth-order valence-corrected chi connectivity index (χ4v) is 1.78. The highest BCUT2D eigenvalue weighted by molar-refractivity contribution is 5.66. The number of hydrogen-bond donors (Lipinski definition) is 1. The lowest BCUT2D eigenvalue weighted by Gasteiger charge is -1.94. The van der Waals surface area contributed by atoms with Crippen LogP contribution in [0.15, 0.2) is 24.3 Å². The number of rotatable bonds is 11. The van der Waals surface area contributed by atoms with Gasteiger partial charge < -0.3 is 5.11 Å². The van der Waals surface area contributed by atoms with Crippen molar-refractivity contribution in [2.75, 3.05) is 0 Å². The predicted octanol–water partition coefficient (Wildman–Crippen LogP) is 5.11. The first-order chi connectivity index (χ1) is 9.77. The Morgan fingerprint density at radius 2 is 1.45 bits per heavy atom. The zero-order valence-electron chi connectivity index (χ0n) is 12.7. The summed E-state index contributed by atoms with van der Waals surface area (Å²) in [5.74, 6) is 5.28. The summed E-state index contributed by atoms with van der Waals surface area (Å²) in [6.45, 7) is 2.22. The number of aliphatic carboxylic acids is 1. The summed E-state index contributed by atoms with van der Waals surface area (Å²) in [6, 6.07) is 0. The molecular weight excluding hydrogens is 248 g/mol. The predicted molar refractivity (Wildman–Crippen MR) is 85.5 cm³/mol. The van der Waals surface area contributed by atoms with E-state index in [4.69, 9.17) is 5.11 Å². The van der Waals surface area contributed by atoms with Gasteiger partial charge in [-0.05, 0) is 44.3 Å². The van der Waals surface area contributed by atoms with Crippen LogP contribution >= 0.6 is 0 Å². The van der Waals surface area contributed by atoms with Gasteiger partial charge in [-0.1, -0.05) is 56.6 Å². The van der Waals surface area contributed by atoms with E-state index >= 15 is 0 Å². The minimum absolute atomic E-state index is 0.284. The Balaban J connectivity index is 3.39. The highest BCUT2D eigenvalue weighted by Gasteiger charge is 1.94. The maximum atomic E-state index is 10.3. The van der Waals surface area contributed by atoms with Crippen molar-refractivity contribution in [1.29, 1.82) is 0 Å². The first-order valence-corrected chi connectivity index (χ1v) is 7.80. The Bertz CT molecular complexity index is 342. The van der Waals surface area contributed by atoms with Gasteiger partial charge in [0, 0.05) is 6.42 Å². The van der Waals surface area contributed by atoms with Gasteiger partial charge in [0.25, 0.3) is 0 Å². The van der Waals surface area contributed by atoms with Crippen LogP contribution in [-0.2, 0) is 4.79 Å². The van der Waals surface area contributed by atoms with Crippen molar-refractivity contribution in [2.24, 2.45) is 0 Å². The number of hydrogen-bond acceptors (Lipinski definition) is 1. The normalized spacial score (nSPS) is 10.8. The molecule has 0 bridgehead atoms. The number of carbonyl (C=O) groups is 1. The average molecular weight is 276 g/mol. The van der Waals surface area contributed by atoms with Crippen LogP contribution < -0.4 is 0 Å². The van der Waals surface area contributed by atoms with Crippen molar-refractivity contribution >= 4 is 5.97 Å². The van der Waals surface area contributed by atoms with E-state index in [1.54, 1.807) is 0 Å². The molecule has 0 spiro atoms. The summed E-state index contributed by atoms with van der Waals surface area (Å²) in [5, 5.41) is 8.48. The molecule has 20 heavy (non-hydrogen) atoms. The second-order valence-electron chi connectivity index (χ2n) is 4.94. The second-order valence-corrected chi connectivity index (χ2v) is 4.94.